The Morgan fingerprint density at radius 3 is 3.25 bits per heavy atom. The van der Waals surface area contributed by atoms with Gasteiger partial charge in [0.1, 0.15) is 5.75 Å². The Morgan fingerprint density at radius 1 is 1.50 bits per heavy atom. The van der Waals surface area contributed by atoms with Crippen LogP contribution in [0.2, 0.25) is 0 Å². The molecule has 2 N–H and O–H groups in total. The molecule has 0 amide bonds. The van der Waals surface area contributed by atoms with Gasteiger partial charge in [-0.2, -0.15) is 0 Å². The van der Waals surface area contributed by atoms with Gasteiger partial charge in [-0.1, -0.05) is 0 Å². The standard InChI is InChI=1S/C12H12N2O2/c1-12-11-9(4-5-14(12)16-12)8-3-2-7(15)6-10(8)13-11/h2-3,6,13,15H,4-5H2,1H3. The van der Waals surface area contributed by atoms with Crippen LogP contribution in [0, 0.1) is 0 Å². The van der Waals surface area contributed by atoms with Crippen LogP contribution >= 0.6 is 0 Å². The van der Waals surface area contributed by atoms with Gasteiger partial charge in [0.25, 0.3) is 0 Å². The Morgan fingerprint density at radius 2 is 2.38 bits per heavy atom. The number of phenols is 1. The Hall–Kier alpha value is -1.52. The molecule has 16 heavy (non-hydrogen) atoms. The van der Waals surface area contributed by atoms with Crippen LogP contribution in [-0.4, -0.2) is 21.7 Å². The van der Waals surface area contributed by atoms with Gasteiger partial charge in [0.2, 0.25) is 5.72 Å². The summed E-state index contributed by atoms with van der Waals surface area (Å²) in [5, 5.41) is 12.7. The smallest absolute Gasteiger partial charge is 0.202 e. The number of aromatic amines is 1. The van der Waals surface area contributed by atoms with Gasteiger partial charge >= 0.3 is 0 Å². The Kier molecular flexibility index (Phi) is 1.30. The number of phenolic OH excluding ortho intramolecular Hbond substituents is 1. The van der Waals surface area contributed by atoms with Crippen molar-refractivity contribution < 1.29 is 9.94 Å². The van der Waals surface area contributed by atoms with E-state index in [1.54, 1.807) is 12.1 Å². The van der Waals surface area contributed by atoms with Crippen molar-refractivity contribution in [3.8, 4) is 5.75 Å². The van der Waals surface area contributed by atoms with E-state index in [1.807, 2.05) is 11.1 Å². The number of nitrogens with zero attached hydrogens (tertiary/aromatic N) is 1. The fraction of sp³-hybridized carbons (Fsp3) is 0.333. The van der Waals surface area contributed by atoms with Crippen LogP contribution in [0.15, 0.2) is 18.2 Å². The molecule has 0 radical (unpaired) electrons. The molecular formula is C12H12N2O2. The normalized spacial score (nSPS) is 31.2. The van der Waals surface area contributed by atoms with Crippen molar-refractivity contribution in [1.29, 1.82) is 0 Å². The first-order valence-electron chi connectivity index (χ1n) is 5.49. The highest BCUT2D eigenvalue weighted by Gasteiger charge is 2.56. The molecule has 1 aromatic heterocycles. The summed E-state index contributed by atoms with van der Waals surface area (Å²) < 4.78 is 0. The van der Waals surface area contributed by atoms with Crippen LogP contribution in [0.3, 0.4) is 0 Å². The monoisotopic (exact) mass is 216 g/mol. The van der Waals surface area contributed by atoms with Crippen molar-refractivity contribution >= 4 is 10.9 Å². The minimum Gasteiger partial charge on any atom is -0.508 e. The third-order valence-corrected chi connectivity index (χ3v) is 3.65. The van der Waals surface area contributed by atoms with Crippen molar-refractivity contribution in [2.45, 2.75) is 19.1 Å². The van der Waals surface area contributed by atoms with Gasteiger partial charge in [-0.15, -0.1) is 5.06 Å². The SMILES string of the molecule is CC12ON1CCc1c2[nH]c2cc(O)ccc12. The molecule has 1 fully saturated rings. The molecule has 2 aromatic rings. The van der Waals surface area contributed by atoms with Crippen LogP contribution in [-0.2, 0) is 17.0 Å². The molecule has 1 saturated heterocycles. The maximum atomic E-state index is 9.47. The summed E-state index contributed by atoms with van der Waals surface area (Å²) in [5.74, 6) is 0.296. The molecule has 82 valence electrons. The Labute approximate surface area is 92.4 Å². The lowest BCUT2D eigenvalue weighted by Crippen LogP contribution is -2.22. The number of hydrogen-bond donors (Lipinski definition) is 2. The third kappa shape index (κ3) is 0.870. The highest BCUT2D eigenvalue weighted by molar-refractivity contribution is 5.86. The first kappa shape index (κ1) is 8.61. The third-order valence-electron chi connectivity index (χ3n) is 3.65. The second kappa shape index (κ2) is 2.42. The summed E-state index contributed by atoms with van der Waals surface area (Å²) in [7, 11) is 0. The molecule has 0 saturated carbocycles. The maximum absolute atomic E-state index is 9.47. The summed E-state index contributed by atoms with van der Waals surface area (Å²) in [5.41, 5.74) is 3.19. The van der Waals surface area contributed by atoms with Crippen molar-refractivity contribution in [2.75, 3.05) is 6.54 Å². The highest BCUT2D eigenvalue weighted by atomic mass is 16.9. The number of aromatic nitrogens is 1. The lowest BCUT2D eigenvalue weighted by molar-refractivity contribution is 0.198. The number of H-pyrrole nitrogens is 1. The second-order valence-corrected chi connectivity index (χ2v) is 4.63. The predicted octanol–water partition coefficient (Wildman–Crippen LogP) is 1.85. The zero-order valence-corrected chi connectivity index (χ0v) is 8.95. The van der Waals surface area contributed by atoms with E-state index >= 15 is 0 Å². The summed E-state index contributed by atoms with van der Waals surface area (Å²) in [6.45, 7) is 3.01. The topological polar surface area (TPSA) is 51.6 Å². The highest BCUT2D eigenvalue weighted by Crippen LogP contribution is 2.49. The van der Waals surface area contributed by atoms with E-state index in [2.05, 4.69) is 11.9 Å². The molecule has 2 unspecified atom stereocenters. The minimum atomic E-state index is -0.262. The van der Waals surface area contributed by atoms with Crippen LogP contribution in [0.5, 0.6) is 5.75 Å². The molecule has 2 aliphatic rings. The van der Waals surface area contributed by atoms with Crippen molar-refractivity contribution in [1.82, 2.24) is 10.0 Å². The molecule has 3 heterocycles. The molecule has 0 spiro atoms. The number of nitrogens with one attached hydrogen (secondary N) is 1. The van der Waals surface area contributed by atoms with Crippen molar-refractivity contribution in [2.24, 2.45) is 0 Å². The number of hydroxylamine groups is 2. The van der Waals surface area contributed by atoms with Crippen LogP contribution in [0.4, 0.5) is 0 Å². The molecule has 2 atom stereocenters. The molecule has 4 heteroatoms. The van der Waals surface area contributed by atoms with Crippen LogP contribution in [0.1, 0.15) is 18.2 Å². The summed E-state index contributed by atoms with van der Waals surface area (Å²) in [6, 6.07) is 5.48. The number of hydrogen-bond acceptors (Lipinski definition) is 3. The molecule has 4 nitrogen and oxygen atoms in total. The van der Waals surface area contributed by atoms with E-state index in [1.165, 1.54) is 10.9 Å². The number of fused-ring (bicyclic) bond motifs is 5. The lowest BCUT2D eigenvalue weighted by Gasteiger charge is -2.13. The number of benzene rings is 1. The quantitative estimate of drug-likeness (QED) is 0.661. The van der Waals surface area contributed by atoms with Gasteiger partial charge in [0, 0.05) is 23.5 Å². The fourth-order valence-electron chi connectivity index (χ4n) is 2.74. The van der Waals surface area contributed by atoms with Gasteiger partial charge in [0.05, 0.1) is 5.69 Å². The predicted molar refractivity (Wildman–Crippen MR) is 58.8 cm³/mol. The van der Waals surface area contributed by atoms with E-state index in [9.17, 15) is 5.11 Å². The van der Waals surface area contributed by atoms with E-state index in [0.29, 0.717) is 5.75 Å². The number of aromatic hydroxyl groups is 1. The van der Waals surface area contributed by atoms with E-state index in [4.69, 9.17) is 4.84 Å². The summed E-state index contributed by atoms with van der Waals surface area (Å²) in [4.78, 5) is 8.95. The molecule has 0 bridgehead atoms. The minimum absolute atomic E-state index is 0.262. The zero-order valence-electron chi connectivity index (χ0n) is 8.95. The fourth-order valence-corrected chi connectivity index (χ4v) is 2.74. The van der Waals surface area contributed by atoms with E-state index in [-0.39, 0.29) is 5.72 Å². The molecule has 0 aliphatic carbocycles. The molecular weight excluding hydrogens is 204 g/mol. The first-order chi connectivity index (χ1) is 7.68. The van der Waals surface area contributed by atoms with E-state index in [0.717, 1.165) is 24.2 Å². The van der Waals surface area contributed by atoms with E-state index < -0.39 is 0 Å². The van der Waals surface area contributed by atoms with Crippen LogP contribution in [0.25, 0.3) is 10.9 Å². The van der Waals surface area contributed by atoms with Crippen molar-refractivity contribution in [3.63, 3.8) is 0 Å². The number of rotatable bonds is 0. The largest absolute Gasteiger partial charge is 0.508 e. The molecule has 1 aromatic carbocycles. The summed E-state index contributed by atoms with van der Waals surface area (Å²) in [6.07, 6.45) is 0.996. The van der Waals surface area contributed by atoms with Gasteiger partial charge in [0.15, 0.2) is 0 Å². The molecule has 4 rings (SSSR count). The average molecular weight is 216 g/mol. The van der Waals surface area contributed by atoms with Gasteiger partial charge in [-0.3, -0.25) is 4.84 Å². The first-order valence-corrected chi connectivity index (χ1v) is 5.49. The van der Waals surface area contributed by atoms with Gasteiger partial charge in [-0.25, -0.2) is 0 Å². The Balaban J connectivity index is 2.06. The molecule has 2 aliphatic heterocycles. The van der Waals surface area contributed by atoms with Gasteiger partial charge < -0.3 is 10.1 Å². The van der Waals surface area contributed by atoms with Gasteiger partial charge in [-0.05, 0) is 31.0 Å². The second-order valence-electron chi connectivity index (χ2n) is 4.63. The lowest BCUT2D eigenvalue weighted by atomic mass is 9.99. The zero-order chi connectivity index (χ0) is 10.9. The summed E-state index contributed by atoms with van der Waals surface area (Å²) >= 11 is 0. The average Bonchev–Trinajstić information content (AvgIpc) is 2.81. The Bertz CT molecular complexity index is 604. The maximum Gasteiger partial charge on any atom is 0.202 e. The van der Waals surface area contributed by atoms with Crippen LogP contribution < -0.4 is 0 Å². The van der Waals surface area contributed by atoms with Crippen molar-refractivity contribution in [3.05, 3.63) is 29.5 Å².